The Morgan fingerprint density at radius 3 is 2.74 bits per heavy atom. The Bertz CT molecular complexity index is 513. The van der Waals surface area contributed by atoms with E-state index in [1.165, 1.54) is 4.90 Å². The third kappa shape index (κ3) is 2.42. The topological polar surface area (TPSA) is 79.2 Å². The van der Waals surface area contributed by atoms with Crippen molar-refractivity contribution in [2.45, 2.75) is 6.92 Å². The molecule has 0 radical (unpaired) electrons. The number of nitrogens with zero attached hydrogens (tertiary/aromatic N) is 2. The van der Waals surface area contributed by atoms with Gasteiger partial charge in [0.15, 0.2) is 5.71 Å². The van der Waals surface area contributed by atoms with Crippen molar-refractivity contribution in [1.29, 1.82) is 0 Å². The number of amides is 1. The van der Waals surface area contributed by atoms with Crippen LogP contribution in [0.15, 0.2) is 35.5 Å². The van der Waals surface area contributed by atoms with Crippen LogP contribution in [0.3, 0.4) is 0 Å². The highest BCUT2D eigenvalue weighted by molar-refractivity contribution is 6.49. The van der Waals surface area contributed by atoms with Crippen LogP contribution in [0, 0.1) is 5.92 Å². The molecule has 1 aromatic carbocycles. The van der Waals surface area contributed by atoms with Gasteiger partial charge in [0.05, 0.1) is 6.61 Å². The summed E-state index contributed by atoms with van der Waals surface area (Å²) in [6.07, 6.45) is 0. The summed E-state index contributed by atoms with van der Waals surface area (Å²) < 4.78 is 4.88. The molecule has 2 rings (SSSR count). The molecule has 1 amide bonds. The fourth-order valence-corrected chi connectivity index (χ4v) is 2.01. The van der Waals surface area contributed by atoms with Crippen LogP contribution in [0.1, 0.15) is 6.92 Å². The zero-order chi connectivity index (χ0) is 13.8. The highest BCUT2D eigenvalue weighted by Crippen LogP contribution is 2.24. The molecular formula is C13H14N2O4. The Labute approximate surface area is 110 Å². The van der Waals surface area contributed by atoms with E-state index in [0.29, 0.717) is 5.69 Å². The molecule has 0 saturated carbocycles. The molecule has 1 N–H and O–H groups in total. The lowest BCUT2D eigenvalue weighted by Gasteiger charge is -2.15. The average molecular weight is 262 g/mol. The first-order chi connectivity index (χ1) is 9.19. The Hall–Kier alpha value is -2.37. The summed E-state index contributed by atoms with van der Waals surface area (Å²) in [5, 5.41) is 11.9. The molecule has 1 unspecified atom stereocenters. The Morgan fingerprint density at radius 1 is 1.47 bits per heavy atom. The summed E-state index contributed by atoms with van der Waals surface area (Å²) in [7, 11) is 0. The average Bonchev–Trinajstić information content (AvgIpc) is 2.77. The van der Waals surface area contributed by atoms with Gasteiger partial charge >= 0.3 is 5.97 Å². The molecule has 1 saturated heterocycles. The maximum absolute atomic E-state index is 12.1. The molecule has 0 spiro atoms. The molecule has 100 valence electrons. The monoisotopic (exact) mass is 262 g/mol. The first-order valence-electron chi connectivity index (χ1n) is 5.94. The van der Waals surface area contributed by atoms with E-state index in [1.54, 1.807) is 31.2 Å². The van der Waals surface area contributed by atoms with Gasteiger partial charge in [-0.05, 0) is 19.1 Å². The third-order valence-electron chi connectivity index (χ3n) is 2.91. The number of esters is 1. The minimum Gasteiger partial charge on any atom is -0.465 e. The molecule has 1 atom stereocenters. The molecular weight excluding hydrogens is 248 g/mol. The second kappa shape index (κ2) is 5.51. The van der Waals surface area contributed by atoms with Crippen molar-refractivity contribution in [2.75, 3.05) is 18.1 Å². The molecule has 1 fully saturated rings. The molecule has 1 heterocycles. The maximum Gasteiger partial charge on any atom is 0.317 e. The van der Waals surface area contributed by atoms with Gasteiger partial charge in [0, 0.05) is 12.2 Å². The SMILES string of the molecule is CCOC(=O)C1CN(c2ccccc2)C(=O)/C1=N/O. The minimum atomic E-state index is -0.849. The van der Waals surface area contributed by atoms with Crippen molar-refractivity contribution in [2.24, 2.45) is 11.1 Å². The maximum atomic E-state index is 12.1. The van der Waals surface area contributed by atoms with Gasteiger partial charge in [-0.3, -0.25) is 9.59 Å². The first kappa shape index (κ1) is 13.1. The largest absolute Gasteiger partial charge is 0.465 e. The molecule has 6 nitrogen and oxygen atoms in total. The molecule has 1 aliphatic heterocycles. The predicted octanol–water partition coefficient (Wildman–Crippen LogP) is 1.04. The molecule has 1 aromatic rings. The summed E-state index contributed by atoms with van der Waals surface area (Å²) in [6.45, 7) is 2.02. The first-order valence-corrected chi connectivity index (χ1v) is 5.94. The van der Waals surface area contributed by atoms with Crippen molar-refractivity contribution < 1.29 is 19.5 Å². The fourth-order valence-electron chi connectivity index (χ4n) is 2.01. The fraction of sp³-hybridized carbons (Fsp3) is 0.308. The van der Waals surface area contributed by atoms with Crippen molar-refractivity contribution >= 4 is 23.3 Å². The third-order valence-corrected chi connectivity index (χ3v) is 2.91. The minimum absolute atomic E-state index is 0.126. The number of benzene rings is 1. The van der Waals surface area contributed by atoms with Crippen LogP contribution in [0.2, 0.25) is 0 Å². The van der Waals surface area contributed by atoms with E-state index in [-0.39, 0.29) is 18.9 Å². The number of ether oxygens (including phenoxy) is 1. The Morgan fingerprint density at radius 2 is 2.16 bits per heavy atom. The molecule has 19 heavy (non-hydrogen) atoms. The zero-order valence-corrected chi connectivity index (χ0v) is 10.4. The van der Waals surface area contributed by atoms with E-state index in [0.717, 1.165) is 0 Å². The lowest BCUT2D eigenvalue weighted by molar-refractivity contribution is -0.145. The number of rotatable bonds is 3. The van der Waals surface area contributed by atoms with Crippen molar-refractivity contribution in [3.05, 3.63) is 30.3 Å². The van der Waals surface area contributed by atoms with E-state index in [2.05, 4.69) is 5.16 Å². The van der Waals surface area contributed by atoms with Crippen LogP contribution in [0.5, 0.6) is 0 Å². The van der Waals surface area contributed by atoms with Gasteiger partial charge in [0.2, 0.25) is 0 Å². The van der Waals surface area contributed by atoms with Crippen LogP contribution >= 0.6 is 0 Å². The van der Waals surface area contributed by atoms with E-state index in [9.17, 15) is 9.59 Å². The van der Waals surface area contributed by atoms with E-state index >= 15 is 0 Å². The Balaban J connectivity index is 2.27. The van der Waals surface area contributed by atoms with Crippen molar-refractivity contribution in [3.63, 3.8) is 0 Å². The molecule has 0 bridgehead atoms. The highest BCUT2D eigenvalue weighted by atomic mass is 16.5. The second-order valence-corrected chi connectivity index (χ2v) is 4.04. The van der Waals surface area contributed by atoms with Gasteiger partial charge in [-0.2, -0.15) is 0 Å². The van der Waals surface area contributed by atoms with E-state index < -0.39 is 17.8 Å². The Kier molecular flexibility index (Phi) is 3.79. The van der Waals surface area contributed by atoms with Gasteiger partial charge in [0.1, 0.15) is 5.92 Å². The smallest absolute Gasteiger partial charge is 0.317 e. The number of para-hydroxylation sites is 1. The summed E-state index contributed by atoms with van der Waals surface area (Å²) in [5.74, 6) is -1.88. The number of anilines is 1. The van der Waals surface area contributed by atoms with E-state index in [4.69, 9.17) is 9.94 Å². The summed E-state index contributed by atoms with van der Waals surface area (Å²) in [6, 6.07) is 8.90. The molecule has 0 aromatic heterocycles. The normalized spacial score (nSPS) is 20.9. The van der Waals surface area contributed by atoms with Crippen LogP contribution < -0.4 is 4.90 Å². The predicted molar refractivity (Wildman–Crippen MR) is 68.1 cm³/mol. The van der Waals surface area contributed by atoms with Crippen LogP contribution in [-0.2, 0) is 14.3 Å². The van der Waals surface area contributed by atoms with Gasteiger partial charge in [-0.15, -0.1) is 0 Å². The van der Waals surface area contributed by atoms with Crippen LogP contribution in [-0.4, -0.2) is 35.9 Å². The number of hydrogen-bond acceptors (Lipinski definition) is 5. The number of hydrogen-bond donors (Lipinski definition) is 1. The summed E-state index contributed by atoms with van der Waals surface area (Å²) in [4.78, 5) is 25.2. The number of carbonyl (C=O) groups is 2. The van der Waals surface area contributed by atoms with Crippen LogP contribution in [0.25, 0.3) is 0 Å². The summed E-state index contributed by atoms with van der Waals surface area (Å²) >= 11 is 0. The van der Waals surface area contributed by atoms with Gasteiger partial charge in [-0.1, -0.05) is 23.4 Å². The summed E-state index contributed by atoms with van der Waals surface area (Å²) in [5.41, 5.74) is 0.475. The number of oxime groups is 1. The van der Waals surface area contributed by atoms with Gasteiger partial charge in [0.25, 0.3) is 5.91 Å². The van der Waals surface area contributed by atoms with Crippen molar-refractivity contribution in [3.8, 4) is 0 Å². The lowest BCUT2D eigenvalue weighted by atomic mass is 10.1. The van der Waals surface area contributed by atoms with Crippen LogP contribution in [0.4, 0.5) is 5.69 Å². The standard InChI is InChI=1S/C13H14N2O4/c1-2-19-13(17)10-8-15(12(16)11(10)14-18)9-6-4-3-5-7-9/h3-7,10,18H,2,8H2,1H3/b14-11+. The van der Waals surface area contributed by atoms with Crippen molar-refractivity contribution in [1.82, 2.24) is 0 Å². The lowest BCUT2D eigenvalue weighted by Crippen LogP contribution is -2.26. The highest BCUT2D eigenvalue weighted by Gasteiger charge is 2.43. The zero-order valence-electron chi connectivity index (χ0n) is 10.4. The van der Waals surface area contributed by atoms with Gasteiger partial charge < -0.3 is 14.8 Å². The number of carbonyl (C=O) groups excluding carboxylic acids is 2. The van der Waals surface area contributed by atoms with Gasteiger partial charge in [-0.25, -0.2) is 0 Å². The quantitative estimate of drug-likeness (QED) is 0.501. The molecule has 6 heteroatoms. The van der Waals surface area contributed by atoms with E-state index in [1.807, 2.05) is 6.07 Å². The second-order valence-electron chi connectivity index (χ2n) is 4.04. The molecule has 1 aliphatic rings. The molecule has 0 aliphatic carbocycles.